The Hall–Kier alpha value is -0.980. The number of likely N-dealkylation sites (tertiary alicyclic amines) is 1. The molecule has 21 heavy (non-hydrogen) atoms. The molecule has 1 N–H and O–H groups in total. The monoisotopic (exact) mass is 366 g/mol. The zero-order chi connectivity index (χ0) is 14.7. The van der Waals surface area contributed by atoms with Gasteiger partial charge in [0.25, 0.3) is 0 Å². The van der Waals surface area contributed by atoms with Crippen LogP contribution >= 0.6 is 27.5 Å². The van der Waals surface area contributed by atoms with Gasteiger partial charge in [-0.2, -0.15) is 4.37 Å². The first-order valence-electron chi connectivity index (χ1n) is 7.23. The summed E-state index contributed by atoms with van der Waals surface area (Å²) in [6.07, 6.45) is 2.32. The highest BCUT2D eigenvalue weighted by Gasteiger charge is 2.20. The molecule has 3 rings (SSSR count). The molecule has 112 valence electrons. The van der Waals surface area contributed by atoms with Crippen molar-refractivity contribution in [2.24, 2.45) is 0 Å². The third kappa shape index (κ3) is 4.25. The summed E-state index contributed by atoms with van der Waals surface area (Å²) in [5.41, 5.74) is 1.38. The molecule has 1 aliphatic rings. The number of anilines is 1. The molecule has 0 aliphatic carbocycles. The van der Waals surface area contributed by atoms with Gasteiger partial charge in [0.1, 0.15) is 5.82 Å². The van der Waals surface area contributed by atoms with Crippen LogP contribution in [0, 0.1) is 6.92 Å². The van der Waals surface area contributed by atoms with E-state index in [4.69, 9.17) is 0 Å². The fourth-order valence-electron chi connectivity index (χ4n) is 2.61. The molecule has 0 bridgehead atoms. The van der Waals surface area contributed by atoms with Crippen molar-refractivity contribution in [1.82, 2.24) is 14.3 Å². The SMILES string of the molecule is Cc1nsc(NC2CCN(Cc3ccc(Br)cc3)CC2)n1. The van der Waals surface area contributed by atoms with Gasteiger partial charge in [0.15, 0.2) is 0 Å². The predicted molar refractivity (Wildman–Crippen MR) is 90.7 cm³/mol. The third-order valence-electron chi connectivity index (χ3n) is 3.76. The molecule has 1 saturated heterocycles. The van der Waals surface area contributed by atoms with Crippen molar-refractivity contribution in [1.29, 1.82) is 0 Å². The summed E-state index contributed by atoms with van der Waals surface area (Å²) in [5.74, 6) is 0.857. The van der Waals surface area contributed by atoms with E-state index in [0.29, 0.717) is 6.04 Å². The maximum atomic E-state index is 4.38. The van der Waals surface area contributed by atoms with E-state index < -0.39 is 0 Å². The van der Waals surface area contributed by atoms with Crippen molar-refractivity contribution in [3.8, 4) is 0 Å². The Morgan fingerprint density at radius 2 is 2.00 bits per heavy atom. The number of rotatable bonds is 4. The topological polar surface area (TPSA) is 41.1 Å². The summed E-state index contributed by atoms with van der Waals surface area (Å²) >= 11 is 4.94. The van der Waals surface area contributed by atoms with Crippen LogP contribution in [0.5, 0.6) is 0 Å². The van der Waals surface area contributed by atoms with Crippen LogP contribution < -0.4 is 5.32 Å². The minimum atomic E-state index is 0.526. The average molecular weight is 367 g/mol. The molecule has 6 heteroatoms. The lowest BCUT2D eigenvalue weighted by molar-refractivity contribution is 0.211. The Labute approximate surface area is 137 Å². The number of nitrogens with zero attached hydrogens (tertiary/aromatic N) is 3. The number of hydrogen-bond acceptors (Lipinski definition) is 5. The molecule has 0 spiro atoms. The summed E-state index contributed by atoms with van der Waals surface area (Å²) in [6, 6.07) is 9.14. The van der Waals surface area contributed by atoms with Crippen LogP contribution in [0.4, 0.5) is 5.13 Å². The van der Waals surface area contributed by atoms with E-state index in [9.17, 15) is 0 Å². The maximum absolute atomic E-state index is 4.38. The summed E-state index contributed by atoms with van der Waals surface area (Å²) in [5, 5.41) is 4.46. The number of aromatic nitrogens is 2. The van der Waals surface area contributed by atoms with Crippen molar-refractivity contribution in [2.45, 2.75) is 32.4 Å². The Kier molecular flexibility index (Phi) is 4.87. The van der Waals surface area contributed by atoms with Crippen LogP contribution in [0.2, 0.25) is 0 Å². The van der Waals surface area contributed by atoms with E-state index in [1.807, 2.05) is 6.92 Å². The van der Waals surface area contributed by atoms with E-state index in [1.54, 1.807) is 0 Å². The highest BCUT2D eigenvalue weighted by Crippen LogP contribution is 2.20. The molecule has 1 aromatic heterocycles. The largest absolute Gasteiger partial charge is 0.357 e. The molecule has 4 nitrogen and oxygen atoms in total. The minimum absolute atomic E-state index is 0.526. The first kappa shape index (κ1) is 14.9. The summed E-state index contributed by atoms with van der Waals surface area (Å²) in [4.78, 5) is 6.90. The van der Waals surface area contributed by atoms with Crippen LogP contribution in [-0.4, -0.2) is 33.4 Å². The molecule has 0 amide bonds. The molecule has 0 unspecified atom stereocenters. The molecular weight excluding hydrogens is 348 g/mol. The Morgan fingerprint density at radius 3 is 2.62 bits per heavy atom. The highest BCUT2D eigenvalue weighted by molar-refractivity contribution is 9.10. The van der Waals surface area contributed by atoms with E-state index in [2.05, 4.69) is 59.8 Å². The molecule has 2 heterocycles. The van der Waals surface area contributed by atoms with E-state index in [-0.39, 0.29) is 0 Å². The number of benzene rings is 1. The Bertz CT molecular complexity index is 576. The van der Waals surface area contributed by atoms with Crippen molar-refractivity contribution in [3.05, 3.63) is 40.1 Å². The quantitative estimate of drug-likeness (QED) is 0.895. The molecule has 1 aliphatic heterocycles. The van der Waals surface area contributed by atoms with Crippen molar-refractivity contribution < 1.29 is 0 Å². The molecule has 1 fully saturated rings. The number of piperidine rings is 1. The summed E-state index contributed by atoms with van der Waals surface area (Å²) in [6.45, 7) is 5.23. The van der Waals surface area contributed by atoms with Crippen molar-refractivity contribution in [3.63, 3.8) is 0 Å². The zero-order valence-electron chi connectivity index (χ0n) is 12.1. The number of halogens is 1. The van der Waals surface area contributed by atoms with Crippen LogP contribution in [0.1, 0.15) is 24.2 Å². The van der Waals surface area contributed by atoms with Crippen molar-refractivity contribution in [2.75, 3.05) is 18.4 Å². The second-order valence-electron chi connectivity index (χ2n) is 5.47. The van der Waals surface area contributed by atoms with E-state index in [0.717, 1.165) is 47.9 Å². The first-order valence-corrected chi connectivity index (χ1v) is 8.79. The zero-order valence-corrected chi connectivity index (χ0v) is 14.5. The van der Waals surface area contributed by atoms with Crippen LogP contribution in [0.15, 0.2) is 28.7 Å². The van der Waals surface area contributed by atoms with Gasteiger partial charge < -0.3 is 5.32 Å². The normalized spacial score (nSPS) is 17.0. The molecule has 2 aromatic rings. The average Bonchev–Trinajstić information content (AvgIpc) is 2.89. The van der Waals surface area contributed by atoms with Crippen LogP contribution in [-0.2, 0) is 6.54 Å². The van der Waals surface area contributed by atoms with Gasteiger partial charge in [-0.1, -0.05) is 28.1 Å². The van der Waals surface area contributed by atoms with Gasteiger partial charge in [0, 0.05) is 41.7 Å². The van der Waals surface area contributed by atoms with Gasteiger partial charge in [-0.15, -0.1) is 0 Å². The van der Waals surface area contributed by atoms with Crippen LogP contribution in [0.25, 0.3) is 0 Å². The lowest BCUT2D eigenvalue weighted by Crippen LogP contribution is -2.38. The fraction of sp³-hybridized carbons (Fsp3) is 0.467. The molecule has 0 radical (unpaired) electrons. The lowest BCUT2D eigenvalue weighted by atomic mass is 10.0. The Morgan fingerprint density at radius 1 is 1.29 bits per heavy atom. The third-order valence-corrected chi connectivity index (χ3v) is 5.03. The highest BCUT2D eigenvalue weighted by atomic mass is 79.9. The van der Waals surface area contributed by atoms with E-state index in [1.165, 1.54) is 17.1 Å². The summed E-state index contributed by atoms with van der Waals surface area (Å²) < 4.78 is 5.35. The molecule has 1 aromatic carbocycles. The van der Waals surface area contributed by atoms with Crippen molar-refractivity contribution >= 4 is 32.6 Å². The number of hydrogen-bond donors (Lipinski definition) is 1. The molecule has 0 saturated carbocycles. The van der Waals surface area contributed by atoms with Gasteiger partial charge in [0.2, 0.25) is 5.13 Å². The second kappa shape index (κ2) is 6.85. The predicted octanol–water partition coefficient (Wildman–Crippen LogP) is 3.69. The fourth-order valence-corrected chi connectivity index (χ4v) is 3.53. The number of nitrogens with one attached hydrogen (secondary N) is 1. The second-order valence-corrected chi connectivity index (χ2v) is 7.14. The minimum Gasteiger partial charge on any atom is -0.357 e. The standard InChI is InChI=1S/C15H19BrN4S/c1-11-17-15(21-19-11)18-14-6-8-20(9-7-14)10-12-2-4-13(16)5-3-12/h2-5,14H,6-10H2,1H3,(H,17,18,19). The van der Waals surface area contributed by atoms with Gasteiger partial charge in [0.05, 0.1) is 0 Å². The lowest BCUT2D eigenvalue weighted by Gasteiger charge is -2.32. The Balaban J connectivity index is 1.47. The number of aryl methyl sites for hydroxylation is 1. The molecule has 0 atom stereocenters. The van der Waals surface area contributed by atoms with Gasteiger partial charge >= 0.3 is 0 Å². The summed E-state index contributed by atoms with van der Waals surface area (Å²) in [7, 11) is 0. The van der Waals surface area contributed by atoms with Gasteiger partial charge in [-0.3, -0.25) is 4.90 Å². The maximum Gasteiger partial charge on any atom is 0.202 e. The molecular formula is C15H19BrN4S. The van der Waals surface area contributed by atoms with Crippen LogP contribution in [0.3, 0.4) is 0 Å². The first-order chi connectivity index (χ1) is 10.2. The smallest absolute Gasteiger partial charge is 0.202 e. The van der Waals surface area contributed by atoms with E-state index >= 15 is 0 Å². The van der Waals surface area contributed by atoms with Gasteiger partial charge in [-0.25, -0.2) is 4.98 Å². The van der Waals surface area contributed by atoms with Gasteiger partial charge in [-0.05, 0) is 37.5 Å².